The Morgan fingerprint density at radius 3 is 2.21 bits per heavy atom. The van der Waals surface area contributed by atoms with Crippen LogP contribution in [0, 0.1) is 5.41 Å². The maximum atomic E-state index is 12.1. The standard InChI is InChI=1S/C14H21NO3S/c1-11(19(17,18)10-14(2,3)4)13(16)15-12-8-6-5-7-9-12/h5-9,11H,10H2,1-4H3,(H,15,16)/t11-/m0/s1. The van der Waals surface area contributed by atoms with Crippen LogP contribution in [0.1, 0.15) is 27.7 Å². The number of sulfone groups is 1. The Balaban J connectivity index is 2.77. The minimum atomic E-state index is -3.45. The zero-order valence-electron chi connectivity index (χ0n) is 11.8. The van der Waals surface area contributed by atoms with Gasteiger partial charge in [0.15, 0.2) is 9.84 Å². The number of carbonyl (C=O) groups excluding carboxylic acids is 1. The predicted molar refractivity (Wildman–Crippen MR) is 77.8 cm³/mol. The molecule has 0 unspecified atom stereocenters. The third kappa shape index (κ3) is 5.03. The Morgan fingerprint density at radius 1 is 1.21 bits per heavy atom. The number of hydrogen-bond donors (Lipinski definition) is 1. The predicted octanol–water partition coefficient (Wildman–Crippen LogP) is 2.47. The van der Waals surface area contributed by atoms with Crippen LogP contribution in [0.3, 0.4) is 0 Å². The van der Waals surface area contributed by atoms with Crippen LogP contribution in [-0.4, -0.2) is 25.3 Å². The van der Waals surface area contributed by atoms with E-state index in [1.54, 1.807) is 24.3 Å². The Hall–Kier alpha value is -1.36. The van der Waals surface area contributed by atoms with Crippen LogP contribution >= 0.6 is 0 Å². The van der Waals surface area contributed by atoms with Gasteiger partial charge >= 0.3 is 0 Å². The molecule has 0 aliphatic rings. The summed E-state index contributed by atoms with van der Waals surface area (Å²) in [7, 11) is -3.45. The minimum absolute atomic E-state index is 0.0105. The van der Waals surface area contributed by atoms with E-state index in [-0.39, 0.29) is 11.2 Å². The normalized spacial score (nSPS) is 13.9. The van der Waals surface area contributed by atoms with Gasteiger partial charge in [-0.2, -0.15) is 0 Å². The fraction of sp³-hybridized carbons (Fsp3) is 0.500. The lowest BCUT2D eigenvalue weighted by atomic mass is 10.0. The third-order valence-corrected chi connectivity index (χ3v) is 5.14. The number of amides is 1. The highest BCUT2D eigenvalue weighted by atomic mass is 32.2. The van der Waals surface area contributed by atoms with Gasteiger partial charge in [-0.05, 0) is 24.5 Å². The number of nitrogens with one attached hydrogen (secondary N) is 1. The lowest BCUT2D eigenvalue weighted by Gasteiger charge is -2.21. The topological polar surface area (TPSA) is 63.2 Å². The molecule has 0 saturated carbocycles. The van der Waals surface area contributed by atoms with Crippen molar-refractivity contribution in [3.63, 3.8) is 0 Å². The second-order valence-corrected chi connectivity index (χ2v) is 8.19. The molecular formula is C14H21NO3S. The Kier molecular flexibility index (Phi) is 4.74. The van der Waals surface area contributed by atoms with Crippen LogP contribution in [0.25, 0.3) is 0 Å². The van der Waals surface area contributed by atoms with Gasteiger partial charge in [0.25, 0.3) is 0 Å². The molecule has 0 radical (unpaired) electrons. The van der Waals surface area contributed by atoms with Gasteiger partial charge in [0.2, 0.25) is 5.91 Å². The molecule has 1 atom stereocenters. The second-order valence-electron chi connectivity index (χ2n) is 5.87. The minimum Gasteiger partial charge on any atom is -0.325 e. The van der Waals surface area contributed by atoms with E-state index in [0.717, 1.165) is 0 Å². The van der Waals surface area contributed by atoms with Crippen LogP contribution in [0.4, 0.5) is 5.69 Å². The van der Waals surface area contributed by atoms with Gasteiger partial charge in [-0.3, -0.25) is 4.79 Å². The first-order valence-corrected chi connectivity index (χ1v) is 7.91. The SMILES string of the molecule is C[C@@H](C(=O)Nc1ccccc1)S(=O)(=O)CC(C)(C)C. The number of hydrogen-bond acceptors (Lipinski definition) is 3. The van der Waals surface area contributed by atoms with Gasteiger partial charge in [0.05, 0.1) is 5.75 Å². The van der Waals surface area contributed by atoms with Crippen LogP contribution in [0.2, 0.25) is 0 Å². The molecule has 0 aliphatic carbocycles. The number of rotatable bonds is 4. The maximum Gasteiger partial charge on any atom is 0.242 e. The monoisotopic (exact) mass is 283 g/mol. The molecule has 19 heavy (non-hydrogen) atoms. The molecule has 0 bridgehead atoms. The van der Waals surface area contributed by atoms with E-state index in [4.69, 9.17) is 0 Å². The first kappa shape index (κ1) is 15.7. The average Bonchev–Trinajstić information content (AvgIpc) is 2.26. The van der Waals surface area contributed by atoms with Crippen molar-refractivity contribution in [1.29, 1.82) is 0 Å². The smallest absolute Gasteiger partial charge is 0.242 e. The van der Waals surface area contributed by atoms with E-state index in [1.165, 1.54) is 6.92 Å². The summed E-state index contributed by atoms with van der Waals surface area (Å²) in [5, 5.41) is 1.57. The molecular weight excluding hydrogens is 262 g/mol. The molecule has 0 fully saturated rings. The summed E-state index contributed by atoms with van der Waals surface area (Å²) in [6.07, 6.45) is 0. The van der Waals surface area contributed by atoms with Gasteiger partial charge in [0.1, 0.15) is 5.25 Å². The van der Waals surface area contributed by atoms with E-state index in [2.05, 4.69) is 5.32 Å². The van der Waals surface area contributed by atoms with Gasteiger partial charge in [-0.15, -0.1) is 0 Å². The molecule has 1 amide bonds. The highest BCUT2D eigenvalue weighted by Crippen LogP contribution is 2.19. The molecule has 1 aromatic rings. The molecule has 0 aliphatic heterocycles. The largest absolute Gasteiger partial charge is 0.325 e. The average molecular weight is 283 g/mol. The molecule has 0 saturated heterocycles. The molecule has 5 heteroatoms. The second kappa shape index (κ2) is 5.74. The van der Waals surface area contributed by atoms with E-state index in [1.807, 2.05) is 26.8 Å². The van der Waals surface area contributed by atoms with Crippen LogP contribution in [-0.2, 0) is 14.6 Å². The lowest BCUT2D eigenvalue weighted by molar-refractivity contribution is -0.115. The maximum absolute atomic E-state index is 12.1. The molecule has 0 heterocycles. The first-order valence-electron chi connectivity index (χ1n) is 6.19. The van der Waals surface area contributed by atoms with Gasteiger partial charge in [-0.1, -0.05) is 39.0 Å². The number of para-hydroxylation sites is 1. The first-order chi connectivity index (χ1) is 8.62. The van der Waals surface area contributed by atoms with Crippen molar-refractivity contribution >= 4 is 21.4 Å². The van der Waals surface area contributed by atoms with Crippen molar-refractivity contribution in [2.75, 3.05) is 11.1 Å². The summed E-state index contributed by atoms with van der Waals surface area (Å²) in [5.74, 6) is -0.501. The molecule has 0 spiro atoms. The quantitative estimate of drug-likeness (QED) is 0.923. The van der Waals surface area contributed by atoms with Crippen LogP contribution in [0.15, 0.2) is 30.3 Å². The van der Waals surface area contributed by atoms with Crippen LogP contribution < -0.4 is 5.32 Å². The van der Waals surface area contributed by atoms with E-state index < -0.39 is 21.0 Å². The summed E-state index contributed by atoms with van der Waals surface area (Å²) in [6.45, 7) is 6.95. The Bertz CT molecular complexity index is 530. The summed E-state index contributed by atoms with van der Waals surface area (Å²) < 4.78 is 24.2. The van der Waals surface area contributed by atoms with Gasteiger partial charge < -0.3 is 5.32 Å². The van der Waals surface area contributed by atoms with Crippen molar-refractivity contribution in [1.82, 2.24) is 0 Å². The lowest BCUT2D eigenvalue weighted by Crippen LogP contribution is -2.37. The zero-order valence-corrected chi connectivity index (χ0v) is 12.6. The van der Waals surface area contributed by atoms with Crippen LogP contribution in [0.5, 0.6) is 0 Å². The molecule has 1 rings (SSSR count). The molecule has 1 aromatic carbocycles. The number of benzene rings is 1. The third-order valence-electron chi connectivity index (χ3n) is 2.58. The molecule has 1 N–H and O–H groups in total. The summed E-state index contributed by atoms with van der Waals surface area (Å²) in [6, 6.07) is 8.84. The summed E-state index contributed by atoms with van der Waals surface area (Å²) >= 11 is 0. The summed E-state index contributed by atoms with van der Waals surface area (Å²) in [4.78, 5) is 12.0. The van der Waals surface area contributed by atoms with Crippen molar-refractivity contribution < 1.29 is 13.2 Å². The number of carbonyl (C=O) groups is 1. The van der Waals surface area contributed by atoms with Crippen molar-refractivity contribution in [3.05, 3.63) is 30.3 Å². The summed E-state index contributed by atoms with van der Waals surface area (Å²) in [5.41, 5.74) is 0.241. The van der Waals surface area contributed by atoms with Gasteiger partial charge in [0, 0.05) is 5.69 Å². The Morgan fingerprint density at radius 2 is 1.74 bits per heavy atom. The highest BCUT2D eigenvalue weighted by Gasteiger charge is 2.31. The zero-order chi connectivity index (χ0) is 14.7. The molecule has 106 valence electrons. The molecule has 4 nitrogen and oxygen atoms in total. The Labute approximate surface area is 115 Å². The van der Waals surface area contributed by atoms with Crippen molar-refractivity contribution in [3.8, 4) is 0 Å². The van der Waals surface area contributed by atoms with E-state index >= 15 is 0 Å². The molecule has 0 aromatic heterocycles. The fourth-order valence-electron chi connectivity index (χ4n) is 1.66. The fourth-order valence-corrected chi connectivity index (χ4v) is 3.50. The van der Waals surface area contributed by atoms with E-state index in [9.17, 15) is 13.2 Å². The highest BCUT2D eigenvalue weighted by molar-refractivity contribution is 7.92. The van der Waals surface area contributed by atoms with Crippen molar-refractivity contribution in [2.45, 2.75) is 32.9 Å². The van der Waals surface area contributed by atoms with Crippen molar-refractivity contribution in [2.24, 2.45) is 5.41 Å². The van der Waals surface area contributed by atoms with Gasteiger partial charge in [-0.25, -0.2) is 8.42 Å². The van der Waals surface area contributed by atoms with E-state index in [0.29, 0.717) is 5.69 Å². The number of anilines is 1.